The molecule has 1 aliphatic carbocycles. The van der Waals surface area contributed by atoms with Crippen LogP contribution in [0, 0.1) is 22.7 Å². The molecule has 1 N–H and O–H groups in total. The minimum atomic E-state index is -1.50. The van der Waals surface area contributed by atoms with E-state index < -0.39 is 11.0 Å². The van der Waals surface area contributed by atoms with Gasteiger partial charge in [0.1, 0.15) is 5.60 Å². The second-order valence-electron chi connectivity index (χ2n) is 4.81. The highest BCUT2D eigenvalue weighted by atomic mass is 16.3. The molecule has 0 aromatic heterocycles. The third-order valence-electron chi connectivity index (χ3n) is 3.95. The Hall–Kier alpha value is -0.880. The van der Waals surface area contributed by atoms with E-state index in [0.29, 0.717) is 25.0 Å². The first-order valence-electron chi connectivity index (χ1n) is 5.61. The Balaban J connectivity index is 2.82. The van der Waals surface area contributed by atoms with Crippen LogP contribution in [-0.2, 0) is 4.79 Å². The minimum absolute atomic E-state index is 0.516. The SMILES string of the molecule is CCC1CCC(C#N)(C(C)(O)C=O)CC1. The smallest absolute Gasteiger partial charge is 0.152 e. The van der Waals surface area contributed by atoms with Crippen molar-refractivity contribution in [3.63, 3.8) is 0 Å². The standard InChI is InChI=1S/C12H19NO2/c1-3-10-4-6-12(8-13,7-5-10)11(2,15)9-14/h9-10,15H,3-7H2,1-2H3. The minimum Gasteiger partial charge on any atom is -0.381 e. The molecule has 0 aromatic rings. The molecule has 0 aromatic carbocycles. The first kappa shape index (κ1) is 12.2. The van der Waals surface area contributed by atoms with Crippen molar-refractivity contribution in [1.29, 1.82) is 5.26 Å². The fourth-order valence-corrected chi connectivity index (χ4v) is 2.42. The molecule has 1 unspecified atom stereocenters. The molecule has 84 valence electrons. The quantitative estimate of drug-likeness (QED) is 0.723. The monoisotopic (exact) mass is 209 g/mol. The van der Waals surface area contributed by atoms with E-state index in [4.69, 9.17) is 0 Å². The molecule has 0 spiro atoms. The van der Waals surface area contributed by atoms with Gasteiger partial charge in [0.05, 0.1) is 11.5 Å². The van der Waals surface area contributed by atoms with Gasteiger partial charge in [0.25, 0.3) is 0 Å². The van der Waals surface area contributed by atoms with Gasteiger partial charge >= 0.3 is 0 Å². The van der Waals surface area contributed by atoms with Gasteiger partial charge < -0.3 is 9.90 Å². The lowest BCUT2D eigenvalue weighted by Crippen LogP contribution is -2.48. The largest absolute Gasteiger partial charge is 0.381 e. The van der Waals surface area contributed by atoms with E-state index in [9.17, 15) is 15.2 Å². The summed E-state index contributed by atoms with van der Waals surface area (Å²) in [6.45, 7) is 3.59. The van der Waals surface area contributed by atoms with E-state index in [-0.39, 0.29) is 0 Å². The average Bonchev–Trinajstić information content (AvgIpc) is 2.29. The zero-order valence-electron chi connectivity index (χ0n) is 9.49. The molecule has 0 radical (unpaired) electrons. The van der Waals surface area contributed by atoms with Crippen LogP contribution in [0.1, 0.15) is 46.0 Å². The third kappa shape index (κ3) is 2.05. The van der Waals surface area contributed by atoms with Gasteiger partial charge in [-0.1, -0.05) is 13.3 Å². The van der Waals surface area contributed by atoms with Gasteiger partial charge in [0.15, 0.2) is 6.29 Å². The van der Waals surface area contributed by atoms with Gasteiger partial charge in [-0.25, -0.2) is 0 Å². The van der Waals surface area contributed by atoms with Crippen molar-refractivity contribution >= 4 is 6.29 Å². The predicted molar refractivity (Wildman–Crippen MR) is 57.0 cm³/mol. The molecular weight excluding hydrogens is 190 g/mol. The Morgan fingerprint density at radius 3 is 2.47 bits per heavy atom. The first-order valence-corrected chi connectivity index (χ1v) is 5.61. The normalized spacial score (nSPS) is 35.2. The molecule has 1 saturated carbocycles. The number of nitrogens with zero attached hydrogens (tertiary/aromatic N) is 1. The zero-order valence-corrected chi connectivity index (χ0v) is 9.49. The molecule has 0 heterocycles. The summed E-state index contributed by atoms with van der Waals surface area (Å²) in [5.41, 5.74) is -2.36. The maximum Gasteiger partial charge on any atom is 0.152 e. The second kappa shape index (κ2) is 4.32. The Kier molecular flexibility index (Phi) is 3.51. The zero-order chi connectivity index (χ0) is 11.5. The maximum absolute atomic E-state index is 10.8. The molecule has 0 bridgehead atoms. The summed E-state index contributed by atoms with van der Waals surface area (Å²) in [5.74, 6) is 0.647. The van der Waals surface area contributed by atoms with Crippen LogP contribution in [0.15, 0.2) is 0 Å². The van der Waals surface area contributed by atoms with Crippen LogP contribution in [0.5, 0.6) is 0 Å². The highest BCUT2D eigenvalue weighted by Gasteiger charge is 2.49. The average molecular weight is 209 g/mol. The van der Waals surface area contributed by atoms with Crippen LogP contribution in [0.25, 0.3) is 0 Å². The van der Waals surface area contributed by atoms with Gasteiger partial charge in [-0.3, -0.25) is 0 Å². The molecule has 0 saturated heterocycles. The number of aliphatic hydroxyl groups is 1. The van der Waals surface area contributed by atoms with Crippen molar-refractivity contribution in [3.8, 4) is 6.07 Å². The molecule has 0 aliphatic heterocycles. The van der Waals surface area contributed by atoms with Gasteiger partial charge in [-0.15, -0.1) is 0 Å². The van der Waals surface area contributed by atoms with Crippen LogP contribution < -0.4 is 0 Å². The number of rotatable bonds is 3. The van der Waals surface area contributed by atoms with Gasteiger partial charge in [0, 0.05) is 0 Å². The Labute approximate surface area is 91.1 Å². The van der Waals surface area contributed by atoms with E-state index in [1.54, 1.807) is 0 Å². The van der Waals surface area contributed by atoms with Crippen LogP contribution in [0.4, 0.5) is 0 Å². The van der Waals surface area contributed by atoms with Crippen LogP contribution >= 0.6 is 0 Å². The number of hydrogen-bond acceptors (Lipinski definition) is 3. The van der Waals surface area contributed by atoms with Crippen molar-refractivity contribution in [1.82, 2.24) is 0 Å². The molecular formula is C12H19NO2. The lowest BCUT2D eigenvalue weighted by molar-refractivity contribution is -0.135. The fourth-order valence-electron chi connectivity index (χ4n) is 2.42. The number of carbonyl (C=O) groups excluding carboxylic acids is 1. The summed E-state index contributed by atoms with van der Waals surface area (Å²) in [4.78, 5) is 10.8. The summed E-state index contributed by atoms with van der Waals surface area (Å²) in [5, 5.41) is 19.2. The summed E-state index contributed by atoms with van der Waals surface area (Å²) in [6, 6.07) is 2.17. The molecule has 3 nitrogen and oxygen atoms in total. The highest BCUT2D eigenvalue weighted by molar-refractivity contribution is 5.64. The van der Waals surface area contributed by atoms with Crippen LogP contribution in [0.3, 0.4) is 0 Å². The Morgan fingerprint density at radius 2 is 2.13 bits per heavy atom. The van der Waals surface area contributed by atoms with E-state index in [1.807, 2.05) is 0 Å². The van der Waals surface area contributed by atoms with E-state index >= 15 is 0 Å². The molecule has 3 heteroatoms. The number of carbonyl (C=O) groups is 1. The predicted octanol–water partition coefficient (Wildman–Crippen LogP) is 2.05. The lowest BCUT2D eigenvalue weighted by Gasteiger charge is -2.41. The van der Waals surface area contributed by atoms with E-state index in [2.05, 4.69) is 13.0 Å². The van der Waals surface area contributed by atoms with Crippen molar-refractivity contribution in [3.05, 3.63) is 0 Å². The van der Waals surface area contributed by atoms with Crippen molar-refractivity contribution in [2.45, 2.75) is 51.6 Å². The Morgan fingerprint density at radius 1 is 1.60 bits per heavy atom. The fraction of sp³-hybridized carbons (Fsp3) is 0.833. The number of hydrogen-bond donors (Lipinski definition) is 1. The van der Waals surface area contributed by atoms with Crippen LogP contribution in [0.2, 0.25) is 0 Å². The summed E-state index contributed by atoms with van der Waals surface area (Å²) in [7, 11) is 0. The summed E-state index contributed by atoms with van der Waals surface area (Å²) in [6.07, 6.45) is 4.77. The van der Waals surface area contributed by atoms with E-state index in [1.165, 1.54) is 6.92 Å². The highest BCUT2D eigenvalue weighted by Crippen LogP contribution is 2.45. The topological polar surface area (TPSA) is 61.1 Å². The van der Waals surface area contributed by atoms with Gasteiger partial charge in [-0.05, 0) is 38.5 Å². The van der Waals surface area contributed by atoms with Gasteiger partial charge in [-0.2, -0.15) is 5.26 Å². The maximum atomic E-state index is 10.8. The second-order valence-corrected chi connectivity index (χ2v) is 4.81. The van der Waals surface area contributed by atoms with E-state index in [0.717, 1.165) is 19.3 Å². The van der Waals surface area contributed by atoms with Crippen molar-refractivity contribution in [2.24, 2.45) is 11.3 Å². The van der Waals surface area contributed by atoms with Gasteiger partial charge in [0.2, 0.25) is 0 Å². The molecule has 1 fully saturated rings. The molecule has 0 amide bonds. The Bertz CT molecular complexity index is 270. The molecule has 1 atom stereocenters. The molecule has 1 rings (SSSR count). The summed E-state index contributed by atoms with van der Waals surface area (Å²) >= 11 is 0. The molecule has 15 heavy (non-hydrogen) atoms. The van der Waals surface area contributed by atoms with Crippen LogP contribution in [-0.4, -0.2) is 17.0 Å². The third-order valence-corrected chi connectivity index (χ3v) is 3.95. The molecule has 1 aliphatic rings. The number of aldehydes is 1. The number of nitriles is 1. The van der Waals surface area contributed by atoms with Crippen molar-refractivity contribution < 1.29 is 9.90 Å². The first-order chi connectivity index (χ1) is 7.01. The lowest BCUT2D eigenvalue weighted by atomic mass is 9.63. The summed E-state index contributed by atoms with van der Waals surface area (Å²) < 4.78 is 0. The van der Waals surface area contributed by atoms with Crippen molar-refractivity contribution in [2.75, 3.05) is 0 Å².